The fraction of sp³-hybridized carbons (Fsp3) is 0.125. The summed E-state index contributed by atoms with van der Waals surface area (Å²) < 4.78 is 38.1. The zero-order chi connectivity index (χ0) is 25.6. The molecule has 0 aromatic heterocycles. The van der Waals surface area contributed by atoms with E-state index >= 15 is 0 Å². The maximum atomic E-state index is 12.7. The SMILES string of the molecule is COc1ccc(NS(=O)(=O)c2cccc(C(=O)OC(C)C(=O)Nc3ccc(C(N)=O)cc3)c2)cc1. The molecule has 0 saturated carbocycles. The molecule has 1 unspecified atom stereocenters. The van der Waals surface area contributed by atoms with Crippen LogP contribution in [0.4, 0.5) is 11.4 Å². The predicted octanol–water partition coefficient (Wildman–Crippen LogP) is 2.78. The lowest BCUT2D eigenvalue weighted by atomic mass is 10.2. The van der Waals surface area contributed by atoms with Gasteiger partial charge in [0.2, 0.25) is 5.91 Å². The number of benzene rings is 3. The Morgan fingerprint density at radius 1 is 0.886 bits per heavy atom. The Morgan fingerprint density at radius 2 is 1.51 bits per heavy atom. The third-order valence-corrected chi connectivity index (χ3v) is 6.19. The van der Waals surface area contributed by atoms with Crippen molar-refractivity contribution in [2.75, 3.05) is 17.1 Å². The van der Waals surface area contributed by atoms with E-state index in [0.717, 1.165) is 6.07 Å². The summed E-state index contributed by atoms with van der Waals surface area (Å²) in [6.45, 7) is 1.37. The zero-order valence-corrected chi connectivity index (χ0v) is 19.7. The van der Waals surface area contributed by atoms with Gasteiger partial charge in [-0.2, -0.15) is 0 Å². The van der Waals surface area contributed by atoms with E-state index in [4.69, 9.17) is 15.2 Å². The van der Waals surface area contributed by atoms with Crippen LogP contribution in [0.5, 0.6) is 5.75 Å². The van der Waals surface area contributed by atoms with Gasteiger partial charge in [-0.15, -0.1) is 0 Å². The number of rotatable bonds is 9. The van der Waals surface area contributed by atoms with Crippen molar-refractivity contribution >= 4 is 39.2 Å². The van der Waals surface area contributed by atoms with Gasteiger partial charge in [0.05, 0.1) is 17.6 Å². The molecule has 0 bridgehead atoms. The zero-order valence-electron chi connectivity index (χ0n) is 18.8. The molecule has 0 radical (unpaired) electrons. The van der Waals surface area contributed by atoms with E-state index in [2.05, 4.69) is 10.0 Å². The third-order valence-electron chi connectivity index (χ3n) is 4.81. The van der Waals surface area contributed by atoms with E-state index in [9.17, 15) is 22.8 Å². The van der Waals surface area contributed by atoms with Crippen molar-refractivity contribution in [3.8, 4) is 5.75 Å². The Balaban J connectivity index is 1.66. The molecule has 0 aliphatic heterocycles. The number of nitrogens with one attached hydrogen (secondary N) is 2. The maximum Gasteiger partial charge on any atom is 0.338 e. The summed E-state index contributed by atoms with van der Waals surface area (Å²) in [5.74, 6) is -1.53. The molecule has 3 rings (SSSR count). The minimum absolute atomic E-state index is 0.0481. The normalized spacial score (nSPS) is 11.7. The van der Waals surface area contributed by atoms with Crippen molar-refractivity contribution in [2.45, 2.75) is 17.9 Å². The van der Waals surface area contributed by atoms with Crippen LogP contribution in [0.2, 0.25) is 0 Å². The van der Waals surface area contributed by atoms with Gasteiger partial charge in [0.15, 0.2) is 6.10 Å². The molecule has 182 valence electrons. The van der Waals surface area contributed by atoms with Gasteiger partial charge in [-0.05, 0) is 73.7 Å². The maximum absolute atomic E-state index is 12.7. The van der Waals surface area contributed by atoms with E-state index in [0.29, 0.717) is 17.1 Å². The molecular formula is C24H23N3O7S. The minimum Gasteiger partial charge on any atom is -0.497 e. The second-order valence-corrected chi connectivity index (χ2v) is 9.02. The van der Waals surface area contributed by atoms with Crippen LogP contribution in [0.3, 0.4) is 0 Å². The van der Waals surface area contributed by atoms with Crippen LogP contribution < -0.4 is 20.5 Å². The van der Waals surface area contributed by atoms with Gasteiger partial charge in [0.25, 0.3) is 15.9 Å². The van der Waals surface area contributed by atoms with Crippen LogP contribution >= 0.6 is 0 Å². The summed E-state index contributed by atoms with van der Waals surface area (Å²) in [6.07, 6.45) is -1.18. The molecule has 11 heteroatoms. The summed E-state index contributed by atoms with van der Waals surface area (Å²) in [4.78, 5) is 35.9. The van der Waals surface area contributed by atoms with E-state index in [1.807, 2.05) is 0 Å². The lowest BCUT2D eigenvalue weighted by Gasteiger charge is -2.14. The van der Waals surface area contributed by atoms with Crippen LogP contribution in [0.25, 0.3) is 0 Å². The Labute approximate surface area is 202 Å². The van der Waals surface area contributed by atoms with E-state index < -0.39 is 33.9 Å². The standard InChI is InChI=1S/C24H23N3O7S/c1-15(23(29)26-18-8-6-16(7-9-18)22(25)28)34-24(30)17-4-3-5-21(14-17)35(31,32)27-19-10-12-20(33-2)13-11-19/h3-15,27H,1-2H3,(H2,25,28)(H,26,29). The van der Waals surface area contributed by atoms with Crippen LogP contribution in [0.1, 0.15) is 27.6 Å². The molecule has 1 atom stereocenters. The number of carbonyl (C=O) groups is 3. The van der Waals surface area contributed by atoms with Gasteiger partial charge in [-0.25, -0.2) is 13.2 Å². The first kappa shape index (κ1) is 25.2. The number of ether oxygens (including phenoxy) is 2. The summed E-state index contributed by atoms with van der Waals surface area (Å²) >= 11 is 0. The summed E-state index contributed by atoms with van der Waals surface area (Å²) in [5, 5.41) is 2.55. The summed E-state index contributed by atoms with van der Waals surface area (Å²) in [6, 6.07) is 17.4. The average Bonchev–Trinajstić information content (AvgIpc) is 2.84. The Bertz CT molecular complexity index is 1340. The molecule has 0 heterocycles. The van der Waals surface area contributed by atoms with Crippen LogP contribution in [0.15, 0.2) is 77.7 Å². The first-order chi connectivity index (χ1) is 16.6. The number of methoxy groups -OCH3 is 1. The Hall–Kier alpha value is -4.38. The summed E-state index contributed by atoms with van der Waals surface area (Å²) in [5.41, 5.74) is 6.10. The molecule has 35 heavy (non-hydrogen) atoms. The van der Waals surface area contributed by atoms with Crippen LogP contribution in [0, 0.1) is 0 Å². The smallest absolute Gasteiger partial charge is 0.338 e. The number of nitrogens with two attached hydrogens (primary N) is 1. The third kappa shape index (κ3) is 6.58. The predicted molar refractivity (Wildman–Crippen MR) is 129 cm³/mol. The molecule has 0 saturated heterocycles. The number of anilines is 2. The monoisotopic (exact) mass is 497 g/mol. The number of carbonyl (C=O) groups excluding carboxylic acids is 3. The van der Waals surface area contributed by atoms with Crippen molar-refractivity contribution < 1.29 is 32.3 Å². The van der Waals surface area contributed by atoms with Gasteiger partial charge in [0, 0.05) is 16.9 Å². The molecule has 4 N–H and O–H groups in total. The molecule has 0 fully saturated rings. The molecule has 0 spiro atoms. The quantitative estimate of drug-likeness (QED) is 0.384. The van der Waals surface area contributed by atoms with Crippen LogP contribution in [-0.2, 0) is 19.6 Å². The molecule has 0 aliphatic carbocycles. The number of hydrogen-bond donors (Lipinski definition) is 3. The van der Waals surface area contributed by atoms with Crippen molar-refractivity contribution in [2.24, 2.45) is 5.73 Å². The second-order valence-electron chi connectivity index (χ2n) is 7.34. The summed E-state index contributed by atoms with van der Waals surface area (Å²) in [7, 11) is -2.50. The second kappa shape index (κ2) is 10.7. The van der Waals surface area contributed by atoms with Crippen molar-refractivity contribution in [3.63, 3.8) is 0 Å². The fourth-order valence-electron chi connectivity index (χ4n) is 2.91. The first-order valence-corrected chi connectivity index (χ1v) is 11.8. The molecule has 2 amide bonds. The largest absolute Gasteiger partial charge is 0.497 e. The number of primary amides is 1. The van der Waals surface area contributed by atoms with Gasteiger partial charge in [0.1, 0.15) is 5.75 Å². The Kier molecular flexibility index (Phi) is 7.72. The first-order valence-electron chi connectivity index (χ1n) is 10.3. The van der Waals surface area contributed by atoms with E-state index in [1.54, 1.807) is 12.1 Å². The highest BCUT2D eigenvalue weighted by molar-refractivity contribution is 7.92. The molecule has 0 aliphatic rings. The van der Waals surface area contributed by atoms with Crippen LogP contribution in [-0.4, -0.2) is 39.4 Å². The Morgan fingerprint density at radius 3 is 2.11 bits per heavy atom. The lowest BCUT2D eigenvalue weighted by molar-refractivity contribution is -0.123. The molecule has 3 aromatic rings. The molecule has 3 aromatic carbocycles. The lowest BCUT2D eigenvalue weighted by Crippen LogP contribution is -2.30. The topological polar surface area (TPSA) is 154 Å². The van der Waals surface area contributed by atoms with Crippen molar-refractivity contribution in [1.29, 1.82) is 0 Å². The fourth-order valence-corrected chi connectivity index (χ4v) is 4.01. The van der Waals surface area contributed by atoms with E-state index in [1.165, 1.54) is 68.6 Å². The van der Waals surface area contributed by atoms with Gasteiger partial charge in [-0.3, -0.25) is 14.3 Å². The number of esters is 1. The highest BCUT2D eigenvalue weighted by Crippen LogP contribution is 2.20. The van der Waals surface area contributed by atoms with Gasteiger partial charge >= 0.3 is 5.97 Å². The number of amides is 2. The van der Waals surface area contributed by atoms with E-state index in [-0.39, 0.29) is 16.0 Å². The highest BCUT2D eigenvalue weighted by atomic mass is 32.2. The number of sulfonamides is 1. The molecule has 10 nitrogen and oxygen atoms in total. The molecular weight excluding hydrogens is 474 g/mol. The van der Waals surface area contributed by atoms with Gasteiger partial charge in [-0.1, -0.05) is 6.07 Å². The highest BCUT2D eigenvalue weighted by Gasteiger charge is 2.21. The average molecular weight is 498 g/mol. The minimum atomic E-state index is -3.99. The number of hydrogen-bond acceptors (Lipinski definition) is 7. The van der Waals surface area contributed by atoms with Gasteiger partial charge < -0.3 is 20.5 Å². The van der Waals surface area contributed by atoms with Crippen molar-refractivity contribution in [1.82, 2.24) is 0 Å². The van der Waals surface area contributed by atoms with Crippen molar-refractivity contribution in [3.05, 3.63) is 83.9 Å².